The van der Waals surface area contributed by atoms with E-state index in [1.807, 2.05) is 30.0 Å². The number of benzene rings is 1. The maximum absolute atomic E-state index is 6.25. The van der Waals surface area contributed by atoms with E-state index in [0.717, 1.165) is 37.8 Å². The van der Waals surface area contributed by atoms with Gasteiger partial charge in [0.05, 0.1) is 10.4 Å². The Morgan fingerprint density at radius 2 is 2.04 bits per heavy atom. The second-order valence-electron chi connectivity index (χ2n) is 7.41. The molecule has 1 aromatic carbocycles. The third-order valence-electron chi connectivity index (χ3n) is 5.51. The molecule has 146 valence electrons. The molecule has 0 amide bonds. The van der Waals surface area contributed by atoms with E-state index in [1.165, 1.54) is 12.8 Å². The molecule has 1 fully saturated rings. The molecule has 0 radical (unpaired) electrons. The fourth-order valence-electron chi connectivity index (χ4n) is 4.02. The number of piperidine rings is 1. The van der Waals surface area contributed by atoms with Gasteiger partial charge in [0.15, 0.2) is 11.5 Å². The van der Waals surface area contributed by atoms with Crippen molar-refractivity contribution in [3.05, 3.63) is 47.6 Å². The summed E-state index contributed by atoms with van der Waals surface area (Å²) in [6.45, 7) is 4.88. The van der Waals surface area contributed by atoms with Crippen molar-refractivity contribution in [1.29, 1.82) is 0 Å². The van der Waals surface area contributed by atoms with Crippen LogP contribution in [-0.4, -0.2) is 60.3 Å². The number of likely N-dealkylation sites (tertiary alicyclic amines) is 1. The molecular weight excluding hydrogens is 380 g/mol. The van der Waals surface area contributed by atoms with E-state index in [-0.39, 0.29) is 6.10 Å². The summed E-state index contributed by atoms with van der Waals surface area (Å²) in [5, 5.41) is 1.11. The zero-order valence-electron chi connectivity index (χ0n) is 15.7. The van der Waals surface area contributed by atoms with Gasteiger partial charge in [0.1, 0.15) is 12.7 Å². The average Bonchev–Trinajstić information content (AvgIpc) is 2.70. The van der Waals surface area contributed by atoms with Crippen LogP contribution in [0.5, 0.6) is 11.5 Å². The van der Waals surface area contributed by atoms with Gasteiger partial charge in [-0.2, -0.15) is 0 Å². The first-order valence-electron chi connectivity index (χ1n) is 9.67. The molecule has 4 rings (SSSR count). The zero-order valence-corrected chi connectivity index (χ0v) is 17.3. The van der Waals surface area contributed by atoms with E-state index in [1.54, 1.807) is 0 Å². The Morgan fingerprint density at radius 3 is 2.85 bits per heavy atom. The van der Waals surface area contributed by atoms with Crippen molar-refractivity contribution in [3.8, 4) is 11.5 Å². The lowest BCUT2D eigenvalue weighted by Gasteiger charge is -2.38. The number of thioether (sulfide) groups is 1. The molecule has 2 unspecified atom stereocenters. The van der Waals surface area contributed by atoms with Crippen LogP contribution in [0, 0.1) is 5.92 Å². The first-order chi connectivity index (χ1) is 13.2. The maximum atomic E-state index is 6.25. The monoisotopic (exact) mass is 406 g/mol. The molecule has 0 bridgehead atoms. The van der Waals surface area contributed by atoms with Crippen LogP contribution in [0.3, 0.4) is 0 Å². The van der Waals surface area contributed by atoms with E-state index in [4.69, 9.17) is 21.1 Å². The molecule has 3 aliphatic rings. The van der Waals surface area contributed by atoms with Crippen molar-refractivity contribution in [1.82, 2.24) is 9.80 Å². The van der Waals surface area contributed by atoms with E-state index < -0.39 is 0 Å². The summed E-state index contributed by atoms with van der Waals surface area (Å²) in [5.74, 6) is 2.20. The smallest absolute Gasteiger partial charge is 0.180 e. The molecule has 2 atom stereocenters. The lowest BCUT2D eigenvalue weighted by atomic mass is 9.96. The molecule has 1 saturated heterocycles. The van der Waals surface area contributed by atoms with Gasteiger partial charge in [0.25, 0.3) is 0 Å². The fourth-order valence-corrected chi connectivity index (χ4v) is 4.91. The first-order valence-corrected chi connectivity index (χ1v) is 11.3. The van der Waals surface area contributed by atoms with Gasteiger partial charge in [0, 0.05) is 19.3 Å². The molecule has 0 aliphatic carbocycles. The molecule has 3 aliphatic heterocycles. The predicted octanol–water partition coefficient (Wildman–Crippen LogP) is 4.27. The minimum absolute atomic E-state index is 0.0463. The van der Waals surface area contributed by atoms with E-state index >= 15 is 0 Å². The molecule has 0 saturated carbocycles. The third-order valence-corrected chi connectivity index (χ3v) is 6.72. The maximum Gasteiger partial charge on any atom is 0.180 e. The van der Waals surface area contributed by atoms with Gasteiger partial charge < -0.3 is 14.4 Å². The lowest BCUT2D eigenvalue weighted by Crippen LogP contribution is -2.45. The van der Waals surface area contributed by atoms with E-state index in [2.05, 4.69) is 40.5 Å². The minimum atomic E-state index is 0.0463. The second kappa shape index (κ2) is 8.80. The minimum Gasteiger partial charge on any atom is -0.486 e. The molecule has 4 nitrogen and oxygen atoms in total. The Balaban J connectivity index is 1.25. The highest BCUT2D eigenvalue weighted by molar-refractivity contribution is 7.99. The second-order valence-corrected chi connectivity index (χ2v) is 8.77. The summed E-state index contributed by atoms with van der Waals surface area (Å²) in [6, 6.07) is 5.66. The van der Waals surface area contributed by atoms with Gasteiger partial charge in [-0.05, 0) is 56.3 Å². The Morgan fingerprint density at radius 1 is 1.19 bits per heavy atom. The highest BCUT2D eigenvalue weighted by Crippen LogP contribution is 2.38. The van der Waals surface area contributed by atoms with Gasteiger partial charge >= 0.3 is 0 Å². The number of rotatable bonds is 5. The summed E-state index contributed by atoms with van der Waals surface area (Å²) in [5.41, 5.74) is 0. The quantitative estimate of drug-likeness (QED) is 0.727. The van der Waals surface area contributed by atoms with Crippen molar-refractivity contribution in [3.63, 3.8) is 0 Å². The van der Waals surface area contributed by atoms with Gasteiger partial charge in [-0.1, -0.05) is 29.8 Å². The number of allylic oxidation sites excluding steroid dienone is 2. The topological polar surface area (TPSA) is 24.9 Å². The van der Waals surface area contributed by atoms with Gasteiger partial charge in [0.2, 0.25) is 0 Å². The standard InChI is InChI=1S/C21H27ClN2O2S/c1-27-20-7-2-3-10-24(20)13-16-8-11-23(12-9-16)14-17-15-25-19-6-4-5-18(22)21(19)26-17/h2-7,10,16-17,20H,8-9,11-15H2,1H3. The fraction of sp³-hybridized carbons (Fsp3) is 0.524. The van der Waals surface area contributed by atoms with Crippen LogP contribution < -0.4 is 9.47 Å². The highest BCUT2D eigenvalue weighted by Gasteiger charge is 2.28. The number of halogens is 1. The Labute approximate surface area is 171 Å². The average molecular weight is 407 g/mol. The van der Waals surface area contributed by atoms with Crippen LogP contribution in [0.2, 0.25) is 5.02 Å². The van der Waals surface area contributed by atoms with E-state index in [9.17, 15) is 0 Å². The van der Waals surface area contributed by atoms with Crippen molar-refractivity contribution < 1.29 is 9.47 Å². The Kier molecular flexibility index (Phi) is 6.21. The largest absolute Gasteiger partial charge is 0.486 e. The predicted molar refractivity (Wildman–Crippen MR) is 113 cm³/mol. The zero-order chi connectivity index (χ0) is 18.6. The van der Waals surface area contributed by atoms with Crippen molar-refractivity contribution in [2.45, 2.75) is 24.3 Å². The van der Waals surface area contributed by atoms with Crippen LogP contribution in [-0.2, 0) is 0 Å². The molecule has 0 aromatic heterocycles. The molecule has 27 heavy (non-hydrogen) atoms. The van der Waals surface area contributed by atoms with E-state index in [0.29, 0.717) is 22.8 Å². The van der Waals surface area contributed by atoms with Crippen molar-refractivity contribution >= 4 is 23.4 Å². The summed E-state index contributed by atoms with van der Waals surface area (Å²) in [4.78, 5) is 4.98. The van der Waals surface area contributed by atoms with Crippen LogP contribution in [0.25, 0.3) is 0 Å². The normalized spacial score (nSPS) is 25.8. The Hall–Kier alpha value is -1.30. The van der Waals surface area contributed by atoms with Gasteiger partial charge in [-0.15, -0.1) is 11.8 Å². The summed E-state index contributed by atoms with van der Waals surface area (Å²) >= 11 is 8.15. The van der Waals surface area contributed by atoms with Crippen LogP contribution >= 0.6 is 23.4 Å². The first kappa shape index (κ1) is 19.0. The van der Waals surface area contributed by atoms with Crippen LogP contribution in [0.15, 0.2) is 42.6 Å². The summed E-state index contributed by atoms with van der Waals surface area (Å²) in [7, 11) is 0. The van der Waals surface area contributed by atoms with Gasteiger partial charge in [-0.25, -0.2) is 0 Å². The molecule has 6 heteroatoms. The summed E-state index contributed by atoms with van der Waals surface area (Å²) in [6.07, 6.45) is 13.5. The molecule has 0 spiro atoms. The number of ether oxygens (including phenoxy) is 2. The molecular formula is C21H27ClN2O2S. The molecule has 3 heterocycles. The molecule has 1 aromatic rings. The number of hydrogen-bond acceptors (Lipinski definition) is 5. The number of fused-ring (bicyclic) bond motifs is 1. The summed E-state index contributed by atoms with van der Waals surface area (Å²) < 4.78 is 12.0. The number of para-hydroxylation sites is 1. The third kappa shape index (κ3) is 4.58. The van der Waals surface area contributed by atoms with Crippen LogP contribution in [0.1, 0.15) is 12.8 Å². The Bertz CT molecular complexity index is 703. The SMILES string of the molecule is CSC1C=CC=CN1CC1CCN(CC2COc3cccc(Cl)c3O2)CC1. The number of hydrogen-bond donors (Lipinski definition) is 0. The van der Waals surface area contributed by atoms with Crippen molar-refractivity contribution in [2.75, 3.05) is 39.0 Å². The van der Waals surface area contributed by atoms with Crippen molar-refractivity contribution in [2.24, 2.45) is 5.92 Å². The lowest BCUT2D eigenvalue weighted by molar-refractivity contribution is 0.0460. The number of nitrogens with zero attached hydrogens (tertiary/aromatic N) is 2. The highest BCUT2D eigenvalue weighted by atomic mass is 35.5. The van der Waals surface area contributed by atoms with Crippen LogP contribution in [0.4, 0.5) is 0 Å². The van der Waals surface area contributed by atoms with Gasteiger partial charge in [-0.3, -0.25) is 4.90 Å². The molecule has 0 N–H and O–H groups in total.